The minimum Gasteiger partial charge on any atom is -0.465 e. The topological polar surface area (TPSA) is 116 Å². The molecule has 142 valence electrons. The van der Waals surface area contributed by atoms with Crippen LogP contribution in [0.1, 0.15) is 25.8 Å². The van der Waals surface area contributed by atoms with Crippen LogP contribution in [0.15, 0.2) is 36.4 Å². The van der Waals surface area contributed by atoms with E-state index in [9.17, 15) is 19.7 Å². The van der Waals surface area contributed by atoms with Gasteiger partial charge in [-0.2, -0.15) is 0 Å². The molecule has 0 bridgehead atoms. The van der Waals surface area contributed by atoms with Crippen molar-refractivity contribution in [3.8, 4) is 0 Å². The molecule has 0 amide bonds. The van der Waals surface area contributed by atoms with Crippen molar-refractivity contribution in [3.63, 3.8) is 0 Å². The first-order chi connectivity index (χ1) is 12.4. The molecule has 0 saturated carbocycles. The summed E-state index contributed by atoms with van der Waals surface area (Å²) in [4.78, 5) is 35.5. The van der Waals surface area contributed by atoms with E-state index in [2.05, 4.69) is 0 Å². The predicted octanol–water partition coefficient (Wildman–Crippen LogP) is 2.19. The van der Waals surface area contributed by atoms with Crippen LogP contribution >= 0.6 is 0 Å². The van der Waals surface area contributed by atoms with E-state index in [4.69, 9.17) is 14.6 Å². The van der Waals surface area contributed by atoms with E-state index < -0.39 is 22.3 Å². The number of allylic oxidation sites excluding steroid dienone is 1. The lowest BCUT2D eigenvalue weighted by Gasteiger charge is -2.28. The number of hydrogen-bond donors (Lipinski definition) is 1. The molecular weight excluding hydrogens is 342 g/mol. The Morgan fingerprint density at radius 3 is 2.08 bits per heavy atom. The first-order valence-corrected chi connectivity index (χ1v) is 8.24. The van der Waals surface area contributed by atoms with Crippen molar-refractivity contribution >= 4 is 17.6 Å². The number of carbonyl (C=O) groups is 2. The monoisotopic (exact) mass is 365 g/mol. The van der Waals surface area contributed by atoms with Gasteiger partial charge in [0.2, 0.25) is 0 Å². The lowest BCUT2D eigenvalue weighted by Crippen LogP contribution is -2.43. The van der Waals surface area contributed by atoms with Crippen LogP contribution in [-0.4, -0.2) is 41.8 Å². The molecule has 0 aliphatic rings. The molecule has 0 aromatic heterocycles. The molecule has 8 heteroatoms. The maximum absolute atomic E-state index is 12.6. The largest absolute Gasteiger partial charge is 0.465 e. The molecular formula is C18H23NO7. The number of nitro groups is 1. The van der Waals surface area contributed by atoms with E-state index in [0.717, 1.165) is 0 Å². The van der Waals surface area contributed by atoms with Gasteiger partial charge in [0.1, 0.15) is 0 Å². The number of non-ortho nitro benzene ring substituents is 1. The van der Waals surface area contributed by atoms with Crippen LogP contribution in [0.25, 0.3) is 0 Å². The zero-order chi connectivity index (χ0) is 19.6. The zero-order valence-corrected chi connectivity index (χ0v) is 14.8. The minimum atomic E-state index is -1.63. The third-order valence-electron chi connectivity index (χ3n) is 3.72. The Balaban J connectivity index is 3.28. The highest BCUT2D eigenvalue weighted by molar-refractivity contribution is 6.00. The van der Waals surface area contributed by atoms with E-state index >= 15 is 0 Å². The van der Waals surface area contributed by atoms with Crippen LogP contribution in [0.2, 0.25) is 0 Å². The number of esters is 2. The molecule has 1 aromatic carbocycles. The maximum atomic E-state index is 12.6. The number of aliphatic hydroxyl groups excluding tert-OH is 1. The Hall–Kier alpha value is -2.74. The summed E-state index contributed by atoms with van der Waals surface area (Å²) in [6.45, 7) is 3.19. The Morgan fingerprint density at radius 2 is 1.65 bits per heavy atom. The number of hydrogen-bond acceptors (Lipinski definition) is 7. The number of carbonyl (C=O) groups excluding carboxylic acids is 2. The average molecular weight is 365 g/mol. The molecule has 0 fully saturated rings. The van der Waals surface area contributed by atoms with Gasteiger partial charge in [-0.25, -0.2) is 0 Å². The van der Waals surface area contributed by atoms with Crippen LogP contribution < -0.4 is 0 Å². The molecule has 0 aliphatic heterocycles. The highest BCUT2D eigenvalue weighted by Crippen LogP contribution is 2.32. The molecule has 26 heavy (non-hydrogen) atoms. The van der Waals surface area contributed by atoms with Crippen LogP contribution in [0.4, 0.5) is 5.69 Å². The van der Waals surface area contributed by atoms with Crippen LogP contribution in [-0.2, 0) is 25.5 Å². The summed E-state index contributed by atoms with van der Waals surface area (Å²) in [7, 11) is 0. The van der Waals surface area contributed by atoms with E-state index in [1.54, 1.807) is 13.8 Å². The summed E-state index contributed by atoms with van der Waals surface area (Å²) in [5, 5.41) is 19.7. The third-order valence-corrected chi connectivity index (χ3v) is 3.72. The van der Waals surface area contributed by atoms with Crippen molar-refractivity contribution in [2.45, 2.75) is 26.7 Å². The van der Waals surface area contributed by atoms with Crippen molar-refractivity contribution in [2.75, 3.05) is 19.8 Å². The first-order valence-electron chi connectivity index (χ1n) is 8.24. The number of nitro benzene ring substituents is 1. The number of aliphatic hydroxyl groups is 1. The molecule has 8 nitrogen and oxygen atoms in total. The van der Waals surface area contributed by atoms with Gasteiger partial charge in [-0.05, 0) is 32.3 Å². The average Bonchev–Trinajstić information content (AvgIpc) is 2.61. The van der Waals surface area contributed by atoms with Gasteiger partial charge in [0.25, 0.3) is 5.69 Å². The molecule has 1 rings (SSSR count). The maximum Gasteiger partial charge on any atom is 0.324 e. The van der Waals surface area contributed by atoms with Gasteiger partial charge >= 0.3 is 11.9 Å². The fourth-order valence-corrected chi connectivity index (χ4v) is 2.45. The second-order valence-electron chi connectivity index (χ2n) is 5.48. The number of rotatable bonds is 10. The van der Waals surface area contributed by atoms with Gasteiger partial charge in [-0.3, -0.25) is 19.7 Å². The van der Waals surface area contributed by atoms with Gasteiger partial charge in [-0.15, -0.1) is 0 Å². The van der Waals surface area contributed by atoms with Crippen LogP contribution in [0, 0.1) is 15.5 Å². The van der Waals surface area contributed by atoms with Crippen molar-refractivity contribution < 1.29 is 29.1 Å². The van der Waals surface area contributed by atoms with E-state index in [1.165, 1.54) is 36.4 Å². The number of benzene rings is 1. The zero-order valence-electron chi connectivity index (χ0n) is 14.8. The third kappa shape index (κ3) is 5.38. The molecule has 0 spiro atoms. The predicted molar refractivity (Wildman–Crippen MR) is 93.3 cm³/mol. The molecule has 1 aromatic rings. The summed E-state index contributed by atoms with van der Waals surface area (Å²) in [5.74, 6) is -1.47. The Morgan fingerprint density at radius 1 is 1.12 bits per heavy atom. The van der Waals surface area contributed by atoms with Crippen molar-refractivity contribution in [1.29, 1.82) is 0 Å². The molecule has 0 saturated heterocycles. The second kappa shape index (κ2) is 10.3. The molecule has 0 radical (unpaired) electrons. The van der Waals surface area contributed by atoms with Crippen LogP contribution in [0.5, 0.6) is 0 Å². The fourth-order valence-electron chi connectivity index (χ4n) is 2.45. The summed E-state index contributed by atoms with van der Waals surface area (Å²) in [6, 6.07) is 5.59. The smallest absolute Gasteiger partial charge is 0.324 e. The van der Waals surface area contributed by atoms with E-state index in [-0.39, 0.29) is 38.3 Å². The Labute approximate surface area is 151 Å². The highest BCUT2D eigenvalue weighted by Gasteiger charge is 2.48. The quantitative estimate of drug-likeness (QED) is 0.222. The van der Waals surface area contributed by atoms with Crippen molar-refractivity contribution in [2.24, 2.45) is 5.41 Å². The van der Waals surface area contributed by atoms with Gasteiger partial charge < -0.3 is 14.6 Å². The summed E-state index contributed by atoms with van der Waals surface area (Å²) in [5.41, 5.74) is -1.17. The number of ether oxygens (including phenoxy) is 2. The molecule has 0 atom stereocenters. The van der Waals surface area contributed by atoms with E-state index in [1.807, 2.05) is 0 Å². The van der Waals surface area contributed by atoms with Gasteiger partial charge in [-0.1, -0.05) is 24.3 Å². The molecule has 1 N–H and O–H groups in total. The Kier molecular flexibility index (Phi) is 8.44. The molecule has 0 aliphatic carbocycles. The van der Waals surface area contributed by atoms with Crippen molar-refractivity contribution in [3.05, 3.63) is 52.1 Å². The summed E-state index contributed by atoms with van der Waals surface area (Å²) < 4.78 is 10.2. The molecule has 0 unspecified atom stereocenters. The highest BCUT2D eigenvalue weighted by atomic mass is 16.6. The minimum absolute atomic E-state index is 0.0256. The lowest BCUT2D eigenvalue weighted by atomic mass is 9.78. The Bertz CT molecular complexity index is 634. The fraction of sp³-hybridized carbons (Fsp3) is 0.444. The summed E-state index contributed by atoms with van der Waals surface area (Å²) >= 11 is 0. The van der Waals surface area contributed by atoms with Gasteiger partial charge in [0, 0.05) is 12.1 Å². The standard InChI is InChI=1S/C18H23NO7/c1-3-25-16(21)18(11-5-6-12-20,17(22)26-4-2)13-14-7-9-15(10-8-14)19(23)24/h5-10,20H,3-4,11-13H2,1-2H3/b6-5-. The first kappa shape index (κ1) is 21.3. The lowest BCUT2D eigenvalue weighted by molar-refractivity contribution is -0.384. The molecule has 0 heterocycles. The van der Waals surface area contributed by atoms with E-state index in [0.29, 0.717) is 5.56 Å². The van der Waals surface area contributed by atoms with Crippen molar-refractivity contribution in [1.82, 2.24) is 0 Å². The van der Waals surface area contributed by atoms with Gasteiger partial charge in [0.15, 0.2) is 5.41 Å². The normalized spacial score (nSPS) is 11.3. The summed E-state index contributed by atoms with van der Waals surface area (Å²) in [6.07, 6.45) is 2.86. The SMILES string of the molecule is CCOC(=O)C(C/C=C\CO)(Cc1ccc([N+](=O)[O-])cc1)C(=O)OCC. The van der Waals surface area contributed by atoms with Crippen LogP contribution in [0.3, 0.4) is 0 Å². The van der Waals surface area contributed by atoms with Gasteiger partial charge in [0.05, 0.1) is 24.7 Å². The second-order valence-corrected chi connectivity index (χ2v) is 5.48. The number of nitrogens with zero attached hydrogens (tertiary/aromatic N) is 1.